The van der Waals surface area contributed by atoms with Crippen LogP contribution in [0.5, 0.6) is 0 Å². The first-order valence-corrected chi connectivity index (χ1v) is 5.60. The predicted molar refractivity (Wildman–Crippen MR) is 56.3 cm³/mol. The van der Waals surface area contributed by atoms with Crippen LogP contribution in [0.15, 0.2) is 35.2 Å². The number of hydrogen-bond donors (Lipinski definition) is 0. The van der Waals surface area contributed by atoms with Gasteiger partial charge < -0.3 is 4.90 Å². The van der Waals surface area contributed by atoms with Crippen molar-refractivity contribution in [3.63, 3.8) is 0 Å². The van der Waals surface area contributed by atoms with Gasteiger partial charge in [0, 0.05) is 17.2 Å². The van der Waals surface area contributed by atoms with Crippen molar-refractivity contribution in [1.82, 2.24) is 4.90 Å². The minimum Gasteiger partial charge on any atom is -0.308 e. The van der Waals surface area contributed by atoms with Crippen LogP contribution in [0.2, 0.25) is 0 Å². The van der Waals surface area contributed by atoms with Gasteiger partial charge in [0.2, 0.25) is 0 Å². The minimum atomic E-state index is -0.846. The molecule has 13 heavy (non-hydrogen) atoms. The molecule has 0 aliphatic carbocycles. The summed E-state index contributed by atoms with van der Waals surface area (Å²) in [4.78, 5) is 2.96. The van der Waals surface area contributed by atoms with E-state index in [9.17, 15) is 4.21 Å². The molecule has 0 heterocycles. The van der Waals surface area contributed by atoms with Crippen LogP contribution in [0.4, 0.5) is 0 Å². The molecule has 0 amide bonds. The number of nitrogens with zero attached hydrogens (tertiary/aromatic N) is 1. The Bertz CT molecular complexity index is 272. The molecule has 0 unspecified atom stereocenters. The van der Waals surface area contributed by atoms with Crippen molar-refractivity contribution in [2.45, 2.75) is 4.90 Å². The summed E-state index contributed by atoms with van der Waals surface area (Å²) >= 11 is 0. The Morgan fingerprint density at radius 1 is 1.23 bits per heavy atom. The fourth-order valence-electron chi connectivity index (χ4n) is 0.956. The number of rotatable bonds is 4. The molecule has 2 nitrogen and oxygen atoms in total. The van der Waals surface area contributed by atoms with Gasteiger partial charge in [0.25, 0.3) is 0 Å². The molecular formula is C10H15NOS. The molecule has 3 heteroatoms. The highest BCUT2D eigenvalue weighted by molar-refractivity contribution is 7.85. The highest BCUT2D eigenvalue weighted by Gasteiger charge is 2.02. The van der Waals surface area contributed by atoms with E-state index >= 15 is 0 Å². The van der Waals surface area contributed by atoms with Crippen LogP contribution in [-0.2, 0) is 10.8 Å². The molecule has 0 aliphatic heterocycles. The number of hydrogen-bond acceptors (Lipinski definition) is 2. The summed E-state index contributed by atoms with van der Waals surface area (Å²) in [6.07, 6.45) is 0. The van der Waals surface area contributed by atoms with E-state index in [1.807, 2.05) is 49.3 Å². The second-order valence-corrected chi connectivity index (χ2v) is 4.74. The van der Waals surface area contributed by atoms with E-state index in [1.165, 1.54) is 0 Å². The Kier molecular flexibility index (Phi) is 4.12. The third kappa shape index (κ3) is 3.70. The first-order chi connectivity index (χ1) is 6.20. The van der Waals surface area contributed by atoms with Crippen molar-refractivity contribution >= 4 is 10.8 Å². The summed E-state index contributed by atoms with van der Waals surface area (Å²) in [6, 6.07) is 9.59. The summed E-state index contributed by atoms with van der Waals surface area (Å²) < 4.78 is 11.6. The fourth-order valence-corrected chi connectivity index (χ4v) is 2.18. The zero-order valence-corrected chi connectivity index (χ0v) is 8.88. The molecule has 1 aromatic rings. The van der Waals surface area contributed by atoms with Crippen LogP contribution < -0.4 is 0 Å². The van der Waals surface area contributed by atoms with Gasteiger partial charge in [-0.15, -0.1) is 0 Å². The normalized spacial score (nSPS) is 13.2. The first kappa shape index (κ1) is 10.4. The summed E-state index contributed by atoms with van der Waals surface area (Å²) in [5.41, 5.74) is 0. The summed E-state index contributed by atoms with van der Waals surface area (Å²) in [5.74, 6) is 0.705. The zero-order chi connectivity index (χ0) is 9.68. The zero-order valence-electron chi connectivity index (χ0n) is 8.06. The van der Waals surface area contributed by atoms with Crippen molar-refractivity contribution in [3.05, 3.63) is 30.3 Å². The van der Waals surface area contributed by atoms with Crippen LogP contribution in [-0.4, -0.2) is 35.5 Å². The van der Waals surface area contributed by atoms with E-state index in [-0.39, 0.29) is 0 Å². The van der Waals surface area contributed by atoms with Crippen LogP contribution in [0.25, 0.3) is 0 Å². The third-order valence-corrected chi connectivity index (χ3v) is 3.08. The standard InChI is InChI=1S/C10H15NOS/c1-11(2)8-9-13(12)10-6-4-3-5-7-10/h3-7H,8-9H2,1-2H3/t13-/m0/s1. The molecule has 0 N–H and O–H groups in total. The molecule has 0 saturated carbocycles. The highest BCUT2D eigenvalue weighted by atomic mass is 32.2. The monoisotopic (exact) mass is 197 g/mol. The lowest BCUT2D eigenvalue weighted by Gasteiger charge is -2.08. The summed E-state index contributed by atoms with van der Waals surface area (Å²) in [5, 5.41) is 0. The van der Waals surface area contributed by atoms with Crippen molar-refractivity contribution in [2.75, 3.05) is 26.4 Å². The van der Waals surface area contributed by atoms with E-state index in [0.29, 0.717) is 5.75 Å². The lowest BCUT2D eigenvalue weighted by Crippen LogP contribution is -2.18. The SMILES string of the molecule is CN(C)CC[S@](=O)c1ccccc1. The maximum atomic E-state index is 11.6. The minimum absolute atomic E-state index is 0.705. The van der Waals surface area contributed by atoms with Gasteiger partial charge in [-0.05, 0) is 26.2 Å². The fraction of sp³-hybridized carbons (Fsp3) is 0.400. The molecule has 1 atom stereocenters. The lowest BCUT2D eigenvalue weighted by atomic mass is 10.4. The van der Waals surface area contributed by atoms with Gasteiger partial charge in [0.15, 0.2) is 0 Å². The Labute approximate surface area is 82.0 Å². The van der Waals surface area contributed by atoms with Crippen LogP contribution >= 0.6 is 0 Å². The molecular weight excluding hydrogens is 182 g/mol. The Morgan fingerprint density at radius 2 is 1.85 bits per heavy atom. The second kappa shape index (κ2) is 5.14. The van der Waals surface area contributed by atoms with Gasteiger partial charge in [-0.1, -0.05) is 18.2 Å². The summed E-state index contributed by atoms with van der Waals surface area (Å²) in [7, 11) is 3.13. The largest absolute Gasteiger partial charge is 0.308 e. The molecule has 0 saturated heterocycles. The highest BCUT2D eigenvalue weighted by Crippen LogP contribution is 2.04. The maximum absolute atomic E-state index is 11.6. The van der Waals surface area contributed by atoms with Gasteiger partial charge in [-0.3, -0.25) is 4.21 Å². The van der Waals surface area contributed by atoms with Gasteiger partial charge in [-0.2, -0.15) is 0 Å². The van der Waals surface area contributed by atoms with E-state index in [1.54, 1.807) is 0 Å². The summed E-state index contributed by atoms with van der Waals surface area (Å²) in [6.45, 7) is 0.863. The van der Waals surface area contributed by atoms with Crippen molar-refractivity contribution in [1.29, 1.82) is 0 Å². The molecule has 0 spiro atoms. The van der Waals surface area contributed by atoms with Crippen LogP contribution in [0.1, 0.15) is 0 Å². The predicted octanol–water partition coefficient (Wildman–Crippen LogP) is 1.36. The van der Waals surface area contributed by atoms with E-state index in [0.717, 1.165) is 11.4 Å². The van der Waals surface area contributed by atoms with Crippen molar-refractivity contribution in [2.24, 2.45) is 0 Å². The molecule has 0 aliphatic rings. The molecule has 0 aromatic heterocycles. The topological polar surface area (TPSA) is 20.3 Å². The van der Waals surface area contributed by atoms with Gasteiger partial charge in [0.1, 0.15) is 0 Å². The Hall–Kier alpha value is -0.670. The third-order valence-electron chi connectivity index (χ3n) is 1.73. The van der Waals surface area contributed by atoms with Crippen LogP contribution in [0, 0.1) is 0 Å². The molecule has 0 radical (unpaired) electrons. The lowest BCUT2D eigenvalue weighted by molar-refractivity contribution is 0.435. The van der Waals surface area contributed by atoms with Gasteiger partial charge in [0.05, 0.1) is 10.8 Å². The first-order valence-electron chi connectivity index (χ1n) is 4.28. The van der Waals surface area contributed by atoms with E-state index in [2.05, 4.69) is 0 Å². The Balaban J connectivity index is 2.50. The van der Waals surface area contributed by atoms with E-state index < -0.39 is 10.8 Å². The maximum Gasteiger partial charge on any atom is 0.0542 e. The van der Waals surface area contributed by atoms with Gasteiger partial charge >= 0.3 is 0 Å². The second-order valence-electron chi connectivity index (χ2n) is 3.17. The quantitative estimate of drug-likeness (QED) is 0.726. The average Bonchev–Trinajstić information content (AvgIpc) is 2.15. The molecule has 1 aromatic carbocycles. The molecule has 72 valence electrons. The Morgan fingerprint density at radius 3 is 2.38 bits per heavy atom. The molecule has 1 rings (SSSR count). The van der Waals surface area contributed by atoms with Crippen molar-refractivity contribution in [3.8, 4) is 0 Å². The van der Waals surface area contributed by atoms with Gasteiger partial charge in [-0.25, -0.2) is 0 Å². The van der Waals surface area contributed by atoms with E-state index in [4.69, 9.17) is 0 Å². The molecule has 0 fully saturated rings. The van der Waals surface area contributed by atoms with Crippen molar-refractivity contribution < 1.29 is 4.21 Å². The number of benzene rings is 1. The average molecular weight is 197 g/mol. The molecule has 0 bridgehead atoms. The smallest absolute Gasteiger partial charge is 0.0542 e. The van der Waals surface area contributed by atoms with Crippen LogP contribution in [0.3, 0.4) is 0 Å².